The maximum atomic E-state index is 14.0. The van der Waals surface area contributed by atoms with Crippen molar-refractivity contribution in [3.63, 3.8) is 0 Å². The van der Waals surface area contributed by atoms with Gasteiger partial charge in [-0.3, -0.25) is 4.79 Å². The van der Waals surface area contributed by atoms with Crippen molar-refractivity contribution in [3.8, 4) is 5.75 Å². The van der Waals surface area contributed by atoms with E-state index in [0.717, 1.165) is 36.0 Å². The summed E-state index contributed by atoms with van der Waals surface area (Å²) >= 11 is 0. The molecule has 0 radical (unpaired) electrons. The Balaban J connectivity index is 1.62. The average molecular weight is 661 g/mol. The first-order chi connectivity index (χ1) is 22.9. The van der Waals surface area contributed by atoms with Crippen molar-refractivity contribution in [2.24, 2.45) is 11.8 Å². The van der Waals surface area contributed by atoms with Crippen LogP contribution in [0.4, 0.5) is 0 Å². The average Bonchev–Trinajstić information content (AvgIpc) is 3.01. The summed E-state index contributed by atoms with van der Waals surface area (Å²) in [6.45, 7) is 11.4. The third kappa shape index (κ3) is 8.18. The number of aryl methyl sites for hydroxylation is 1. The first-order valence-electron chi connectivity index (χ1n) is 17.0. The lowest BCUT2D eigenvalue weighted by molar-refractivity contribution is -0.188. The Morgan fingerprint density at radius 2 is 1.71 bits per heavy atom. The molecule has 3 atom stereocenters. The maximum absolute atomic E-state index is 14.0. The highest BCUT2D eigenvalue weighted by atomic mass is 16.6. The maximum Gasteiger partial charge on any atom is 0.339 e. The fraction of sp³-hybridized carbons (Fsp3) is 0.513. The summed E-state index contributed by atoms with van der Waals surface area (Å²) in [4.78, 5) is 41.1. The number of hydrogen-bond acceptors (Lipinski definition) is 9. The predicted octanol–water partition coefficient (Wildman–Crippen LogP) is 6.94. The molecule has 1 N–H and O–H groups in total. The first kappa shape index (κ1) is 35.4. The summed E-state index contributed by atoms with van der Waals surface area (Å²) in [5.41, 5.74) is 2.89. The summed E-state index contributed by atoms with van der Waals surface area (Å²) in [5, 5.41) is 9.59. The van der Waals surface area contributed by atoms with Crippen molar-refractivity contribution >= 4 is 22.9 Å². The predicted molar refractivity (Wildman–Crippen MR) is 182 cm³/mol. The van der Waals surface area contributed by atoms with Crippen LogP contribution in [0.1, 0.15) is 95.6 Å². The van der Waals surface area contributed by atoms with E-state index in [2.05, 4.69) is 38.1 Å². The van der Waals surface area contributed by atoms with E-state index in [-0.39, 0.29) is 30.9 Å². The van der Waals surface area contributed by atoms with Gasteiger partial charge in [0.1, 0.15) is 23.7 Å². The van der Waals surface area contributed by atoms with Gasteiger partial charge in [0.2, 0.25) is 0 Å². The number of rotatable bonds is 7. The van der Waals surface area contributed by atoms with Gasteiger partial charge in [0, 0.05) is 29.4 Å². The molecule has 48 heavy (non-hydrogen) atoms. The summed E-state index contributed by atoms with van der Waals surface area (Å²) in [5.74, 6) is -0.0353. The molecule has 3 aliphatic heterocycles. The summed E-state index contributed by atoms with van der Waals surface area (Å²) in [6.07, 6.45) is 1.96. The standard InChI is InChI=1S/C39H48O9/c1-23(2)7-8-27-19-26-11-9-25(10-12-26)13-15-30(24(3)4)38(43)47-36-35(45-32(41)20-27)33-31(48-39(36,5)6)16-14-28-21-29(17-18-44-22-40)37(42)46-34(28)33/h9-12,14,16,21,23,27,35-36,40H,7-8,13,15,17-20,22H2,1-6H3/t27-,35+,36-/m0/s1. The van der Waals surface area contributed by atoms with Crippen LogP contribution in [0.3, 0.4) is 0 Å². The van der Waals surface area contributed by atoms with Crippen molar-refractivity contribution in [2.45, 2.75) is 104 Å². The molecule has 258 valence electrons. The van der Waals surface area contributed by atoms with E-state index in [1.165, 1.54) is 0 Å². The van der Waals surface area contributed by atoms with Crippen LogP contribution < -0.4 is 10.4 Å². The van der Waals surface area contributed by atoms with E-state index in [4.69, 9.17) is 28.5 Å². The van der Waals surface area contributed by atoms with Crippen LogP contribution in [-0.4, -0.2) is 42.1 Å². The van der Waals surface area contributed by atoms with Crippen LogP contribution in [0.15, 0.2) is 62.8 Å². The molecule has 0 amide bonds. The minimum Gasteiger partial charge on any atom is -0.483 e. The quantitative estimate of drug-likeness (QED) is 0.0945. The zero-order valence-electron chi connectivity index (χ0n) is 28.9. The van der Waals surface area contributed by atoms with Crippen molar-refractivity contribution in [1.29, 1.82) is 0 Å². The molecule has 0 spiro atoms. The van der Waals surface area contributed by atoms with E-state index in [9.17, 15) is 14.4 Å². The molecule has 0 unspecified atom stereocenters. The Morgan fingerprint density at radius 3 is 2.40 bits per heavy atom. The number of fused-ring (bicyclic) bond motifs is 13. The summed E-state index contributed by atoms with van der Waals surface area (Å²) in [6, 6.07) is 13.7. The number of hydrogen-bond donors (Lipinski definition) is 1. The molecule has 0 saturated carbocycles. The number of carbonyl (C=O) groups excluding carboxylic acids is 2. The second kappa shape index (κ2) is 15.1. The largest absolute Gasteiger partial charge is 0.483 e. The Bertz CT molecular complexity index is 1710. The van der Waals surface area contributed by atoms with Crippen LogP contribution in [0.5, 0.6) is 5.75 Å². The Kier molecular flexibility index (Phi) is 11.1. The molecular weight excluding hydrogens is 612 g/mol. The van der Waals surface area contributed by atoms with Gasteiger partial charge in [0.05, 0.1) is 12.2 Å². The molecule has 2 bridgehead atoms. The van der Waals surface area contributed by atoms with Crippen LogP contribution in [0.25, 0.3) is 11.0 Å². The third-order valence-electron chi connectivity index (χ3n) is 9.36. The van der Waals surface area contributed by atoms with E-state index >= 15 is 0 Å². The van der Waals surface area contributed by atoms with Gasteiger partial charge in [-0.2, -0.15) is 0 Å². The van der Waals surface area contributed by atoms with E-state index in [1.54, 1.807) is 32.0 Å². The minimum atomic E-state index is -1.11. The lowest BCUT2D eigenvalue weighted by atomic mass is 9.86. The van der Waals surface area contributed by atoms with E-state index in [1.807, 2.05) is 13.8 Å². The molecule has 0 saturated heterocycles. The van der Waals surface area contributed by atoms with Crippen molar-refractivity contribution in [1.82, 2.24) is 0 Å². The molecule has 1 aromatic heterocycles. The molecule has 0 fully saturated rings. The number of carbonyl (C=O) groups is 2. The molecule has 2 aromatic carbocycles. The molecule has 4 heterocycles. The van der Waals surface area contributed by atoms with Gasteiger partial charge in [-0.25, -0.2) is 9.59 Å². The van der Waals surface area contributed by atoms with Crippen LogP contribution in [-0.2, 0) is 43.1 Å². The van der Waals surface area contributed by atoms with Gasteiger partial charge in [-0.05, 0) is 94.5 Å². The van der Waals surface area contributed by atoms with Gasteiger partial charge in [-0.1, -0.05) is 50.1 Å². The van der Waals surface area contributed by atoms with Crippen molar-refractivity contribution < 1.29 is 38.1 Å². The van der Waals surface area contributed by atoms with Crippen LogP contribution >= 0.6 is 0 Å². The molecule has 6 rings (SSSR count). The topological polar surface area (TPSA) is 122 Å². The SMILES string of the molecule is CC(C)=C1CCc2ccc(cc2)C[C@H](CCC(C)C)CC(=O)O[C@@H]2c3c(ccc4cc(CCOCO)c(=O)oc34)OC(C)(C)[C@H]2OC1=O. The minimum absolute atomic E-state index is 0.0402. The Morgan fingerprint density at radius 1 is 0.979 bits per heavy atom. The number of ether oxygens (including phenoxy) is 4. The number of benzene rings is 2. The number of esters is 2. The number of allylic oxidation sites excluding steroid dienone is 1. The highest BCUT2D eigenvalue weighted by molar-refractivity contribution is 5.90. The molecular formula is C39H48O9. The highest BCUT2D eigenvalue weighted by Gasteiger charge is 2.50. The molecule has 3 aromatic rings. The smallest absolute Gasteiger partial charge is 0.339 e. The van der Waals surface area contributed by atoms with Crippen molar-refractivity contribution in [2.75, 3.05) is 13.4 Å². The summed E-state index contributed by atoms with van der Waals surface area (Å²) < 4.78 is 30.0. The molecule has 9 heteroatoms. The zero-order chi connectivity index (χ0) is 34.6. The highest BCUT2D eigenvalue weighted by Crippen LogP contribution is 2.47. The third-order valence-corrected chi connectivity index (χ3v) is 9.36. The first-order valence-corrected chi connectivity index (χ1v) is 17.0. The van der Waals surface area contributed by atoms with Gasteiger partial charge >= 0.3 is 17.6 Å². The van der Waals surface area contributed by atoms with Crippen molar-refractivity contribution in [3.05, 3.63) is 86.3 Å². The van der Waals surface area contributed by atoms with Gasteiger partial charge in [0.15, 0.2) is 12.2 Å². The van der Waals surface area contributed by atoms with Crippen LogP contribution in [0, 0.1) is 11.8 Å². The van der Waals surface area contributed by atoms with Crippen LogP contribution in [0.2, 0.25) is 0 Å². The van der Waals surface area contributed by atoms with E-state index in [0.29, 0.717) is 46.6 Å². The Hall–Kier alpha value is -3.95. The second-order valence-corrected chi connectivity index (χ2v) is 14.2. The zero-order valence-corrected chi connectivity index (χ0v) is 28.9. The second-order valence-electron chi connectivity index (χ2n) is 14.2. The number of aliphatic hydroxyl groups is 1. The van der Waals surface area contributed by atoms with E-state index < -0.39 is 42.2 Å². The Labute approximate surface area is 282 Å². The van der Waals surface area contributed by atoms with Gasteiger partial charge in [0.25, 0.3) is 0 Å². The van der Waals surface area contributed by atoms with Gasteiger partial charge in [-0.15, -0.1) is 0 Å². The fourth-order valence-corrected chi connectivity index (χ4v) is 6.65. The lowest BCUT2D eigenvalue weighted by Gasteiger charge is -2.43. The lowest BCUT2D eigenvalue weighted by Crippen LogP contribution is -2.52. The normalized spacial score (nSPS) is 21.3. The fourth-order valence-electron chi connectivity index (χ4n) is 6.65. The van der Waals surface area contributed by atoms with Gasteiger partial charge < -0.3 is 28.5 Å². The molecule has 0 aliphatic carbocycles. The molecule has 3 aliphatic rings. The molecule has 9 nitrogen and oxygen atoms in total. The summed E-state index contributed by atoms with van der Waals surface area (Å²) in [7, 11) is 0. The monoisotopic (exact) mass is 660 g/mol. The number of aliphatic hydroxyl groups excluding tert-OH is 1.